The van der Waals surface area contributed by atoms with Gasteiger partial charge in [0.2, 0.25) is 0 Å². The first kappa shape index (κ1) is 10.2. The van der Waals surface area contributed by atoms with Gasteiger partial charge in [-0.25, -0.2) is 8.78 Å². The third-order valence-corrected chi connectivity index (χ3v) is 2.03. The quantitative estimate of drug-likeness (QED) is 0.577. The second-order valence-corrected chi connectivity index (χ2v) is 2.94. The molecule has 0 aromatic rings. The van der Waals surface area contributed by atoms with Gasteiger partial charge in [0, 0.05) is 26.2 Å². The van der Waals surface area contributed by atoms with E-state index in [0.717, 1.165) is 4.90 Å². The number of carbonyl (C=O) groups excluding carboxylic acids is 1. The molecule has 1 fully saturated rings. The number of nitrogens with zero attached hydrogens (tertiary/aromatic N) is 2. The predicted octanol–water partition coefficient (Wildman–Crippen LogP) is -0.788. The summed E-state index contributed by atoms with van der Waals surface area (Å²) in [4.78, 5) is 13.0. The Balaban J connectivity index is 2.26. The third kappa shape index (κ3) is 3.14. The van der Waals surface area contributed by atoms with Crippen LogP contribution in [0.3, 0.4) is 0 Å². The number of halogens is 2. The zero-order chi connectivity index (χ0) is 9.84. The highest BCUT2D eigenvalue weighted by molar-refractivity contribution is 5.62. The lowest BCUT2D eigenvalue weighted by Crippen LogP contribution is -2.53. The first-order valence-corrected chi connectivity index (χ1v) is 4.06. The van der Waals surface area contributed by atoms with E-state index < -0.39 is 12.5 Å². The molecule has 13 heavy (non-hydrogen) atoms. The molecule has 0 radical (unpaired) electrons. The van der Waals surface area contributed by atoms with Crippen molar-refractivity contribution >= 4 is 6.09 Å². The fraction of sp³-hybridized carbons (Fsp3) is 0.857. The molecule has 0 N–H and O–H groups in total. The number of rotatable bonds is 2. The van der Waals surface area contributed by atoms with Crippen LogP contribution < -0.4 is 5.11 Å². The van der Waals surface area contributed by atoms with Gasteiger partial charge in [0.15, 0.2) is 0 Å². The lowest BCUT2D eigenvalue weighted by molar-refractivity contribution is -0.266. The molecule has 4 nitrogen and oxygen atoms in total. The Kier molecular flexibility index (Phi) is 3.41. The number of amides is 1. The van der Waals surface area contributed by atoms with Crippen LogP contribution in [0.4, 0.5) is 13.6 Å². The highest BCUT2D eigenvalue weighted by Crippen LogP contribution is 2.04. The number of carboxylic acid groups (broad SMARTS) is 1. The van der Waals surface area contributed by atoms with E-state index in [0.29, 0.717) is 13.1 Å². The Labute approximate surface area is 74.7 Å². The van der Waals surface area contributed by atoms with Gasteiger partial charge >= 0.3 is 0 Å². The van der Waals surface area contributed by atoms with Crippen LogP contribution >= 0.6 is 0 Å². The van der Waals surface area contributed by atoms with Crippen molar-refractivity contribution in [1.29, 1.82) is 0 Å². The lowest BCUT2D eigenvalue weighted by Gasteiger charge is -2.35. The first-order valence-electron chi connectivity index (χ1n) is 4.06. The summed E-state index contributed by atoms with van der Waals surface area (Å²) in [5, 5.41) is 10.3. The summed E-state index contributed by atoms with van der Waals surface area (Å²) in [7, 11) is 0. The van der Waals surface area contributed by atoms with Gasteiger partial charge in [0.05, 0.1) is 6.54 Å². The van der Waals surface area contributed by atoms with E-state index in [1.54, 1.807) is 4.90 Å². The van der Waals surface area contributed by atoms with Crippen LogP contribution in [-0.4, -0.2) is 55.0 Å². The summed E-state index contributed by atoms with van der Waals surface area (Å²) < 4.78 is 23.8. The fourth-order valence-corrected chi connectivity index (χ4v) is 1.31. The van der Waals surface area contributed by atoms with Crippen molar-refractivity contribution in [1.82, 2.24) is 9.80 Å². The summed E-state index contributed by atoms with van der Waals surface area (Å²) >= 11 is 0. The van der Waals surface area contributed by atoms with E-state index in [4.69, 9.17) is 0 Å². The van der Waals surface area contributed by atoms with Gasteiger partial charge in [0.25, 0.3) is 6.43 Å². The Bertz CT molecular complexity index is 181. The topological polar surface area (TPSA) is 46.6 Å². The Hall–Kier alpha value is -0.910. The summed E-state index contributed by atoms with van der Waals surface area (Å²) in [6.07, 6.45) is -3.58. The minimum atomic E-state index is -2.35. The van der Waals surface area contributed by atoms with E-state index in [1.165, 1.54) is 0 Å². The maximum atomic E-state index is 11.9. The summed E-state index contributed by atoms with van der Waals surface area (Å²) in [6, 6.07) is 0. The van der Waals surface area contributed by atoms with Gasteiger partial charge in [-0.05, 0) is 0 Å². The second-order valence-electron chi connectivity index (χ2n) is 2.94. The molecular weight excluding hydrogens is 182 g/mol. The van der Waals surface area contributed by atoms with Gasteiger partial charge < -0.3 is 14.8 Å². The molecule has 0 atom stereocenters. The van der Waals surface area contributed by atoms with Gasteiger partial charge in [-0.3, -0.25) is 4.90 Å². The molecule has 0 unspecified atom stereocenters. The third-order valence-electron chi connectivity index (χ3n) is 2.03. The van der Waals surface area contributed by atoms with E-state index >= 15 is 0 Å². The van der Waals surface area contributed by atoms with Crippen molar-refractivity contribution in [3.63, 3.8) is 0 Å². The van der Waals surface area contributed by atoms with Crippen LogP contribution in [0.5, 0.6) is 0 Å². The largest absolute Gasteiger partial charge is 0.530 e. The number of carbonyl (C=O) groups is 1. The van der Waals surface area contributed by atoms with E-state index in [-0.39, 0.29) is 19.6 Å². The molecule has 0 aromatic carbocycles. The van der Waals surface area contributed by atoms with Crippen molar-refractivity contribution in [2.24, 2.45) is 0 Å². The Morgan fingerprint density at radius 1 is 1.31 bits per heavy atom. The van der Waals surface area contributed by atoms with Gasteiger partial charge in [0.1, 0.15) is 6.09 Å². The number of piperazine rings is 1. The molecular formula is C7H11F2N2O2-. The molecule has 6 heteroatoms. The van der Waals surface area contributed by atoms with Crippen molar-refractivity contribution in [2.75, 3.05) is 32.7 Å². The smallest absolute Gasteiger partial charge is 0.251 e. The SMILES string of the molecule is O=C([O-])N1CCN(CC(F)F)CC1. The summed E-state index contributed by atoms with van der Waals surface area (Å²) in [6.45, 7) is 0.960. The molecule has 1 rings (SSSR count). The lowest BCUT2D eigenvalue weighted by atomic mass is 10.3. The van der Waals surface area contributed by atoms with Crippen molar-refractivity contribution in [3.8, 4) is 0 Å². The second kappa shape index (κ2) is 4.36. The monoisotopic (exact) mass is 193 g/mol. The molecule has 0 spiro atoms. The van der Waals surface area contributed by atoms with Gasteiger partial charge in [-0.15, -0.1) is 0 Å². The number of alkyl halides is 2. The molecule has 76 valence electrons. The van der Waals surface area contributed by atoms with E-state index in [9.17, 15) is 18.7 Å². The molecule has 1 aliphatic heterocycles. The summed E-state index contributed by atoms with van der Waals surface area (Å²) in [5.74, 6) is 0. The highest BCUT2D eigenvalue weighted by atomic mass is 19.3. The molecule has 0 aromatic heterocycles. The van der Waals surface area contributed by atoms with Crippen LogP contribution in [0.2, 0.25) is 0 Å². The average Bonchev–Trinajstić information content (AvgIpc) is 2.04. The minimum Gasteiger partial charge on any atom is -0.530 e. The number of hydrogen-bond acceptors (Lipinski definition) is 3. The molecule has 1 amide bonds. The maximum Gasteiger partial charge on any atom is 0.251 e. The summed E-state index contributed by atoms with van der Waals surface area (Å²) in [5.41, 5.74) is 0. The van der Waals surface area contributed by atoms with Gasteiger partial charge in [-0.1, -0.05) is 0 Å². The molecule has 1 heterocycles. The predicted molar refractivity (Wildman–Crippen MR) is 39.4 cm³/mol. The van der Waals surface area contributed by atoms with Crippen molar-refractivity contribution in [2.45, 2.75) is 6.43 Å². The van der Waals surface area contributed by atoms with Crippen LogP contribution in [0, 0.1) is 0 Å². The Morgan fingerprint density at radius 2 is 1.85 bits per heavy atom. The van der Waals surface area contributed by atoms with Crippen molar-refractivity contribution in [3.05, 3.63) is 0 Å². The van der Waals surface area contributed by atoms with Gasteiger partial charge in [-0.2, -0.15) is 0 Å². The van der Waals surface area contributed by atoms with E-state index in [1.807, 2.05) is 0 Å². The first-order chi connectivity index (χ1) is 6.09. The molecule has 0 saturated carbocycles. The van der Waals surface area contributed by atoms with Crippen LogP contribution in [0.25, 0.3) is 0 Å². The normalized spacial score (nSPS) is 19.5. The van der Waals surface area contributed by atoms with Crippen LogP contribution in [0.1, 0.15) is 0 Å². The molecule has 0 aliphatic carbocycles. The average molecular weight is 193 g/mol. The van der Waals surface area contributed by atoms with Crippen molar-refractivity contribution < 1.29 is 18.7 Å². The van der Waals surface area contributed by atoms with Crippen LogP contribution in [0.15, 0.2) is 0 Å². The zero-order valence-corrected chi connectivity index (χ0v) is 7.08. The zero-order valence-electron chi connectivity index (χ0n) is 7.08. The molecule has 1 aliphatic rings. The number of hydrogen-bond donors (Lipinski definition) is 0. The van der Waals surface area contributed by atoms with Crippen LogP contribution in [-0.2, 0) is 0 Å². The fourth-order valence-electron chi connectivity index (χ4n) is 1.31. The maximum absolute atomic E-state index is 11.9. The minimum absolute atomic E-state index is 0.259. The standard InChI is InChI=1S/C7H12F2N2O2/c8-6(9)5-10-1-3-11(4-2-10)7(12)13/h6H,1-5H2,(H,12,13)/p-1. The molecule has 0 bridgehead atoms. The molecule has 1 saturated heterocycles. The highest BCUT2D eigenvalue weighted by Gasteiger charge is 2.18. The van der Waals surface area contributed by atoms with E-state index in [2.05, 4.69) is 0 Å². The Morgan fingerprint density at radius 3 is 2.23 bits per heavy atom.